The van der Waals surface area contributed by atoms with E-state index in [1.54, 1.807) is 11.8 Å². The molecule has 0 N–H and O–H groups in total. The fourth-order valence-corrected chi connectivity index (χ4v) is 8.04. The Morgan fingerprint density at radius 3 is 1.58 bits per heavy atom. The molecule has 0 aromatic heterocycles. The van der Waals surface area contributed by atoms with Gasteiger partial charge in [-0.3, -0.25) is 0 Å². The number of hydrogen-bond donors (Lipinski definition) is 0. The van der Waals surface area contributed by atoms with Gasteiger partial charge in [0.05, 0.1) is 4.99 Å². The average Bonchev–Trinajstić information content (AvgIpc) is 2.67. The molecule has 0 saturated carbocycles. The summed E-state index contributed by atoms with van der Waals surface area (Å²) in [5.74, 6) is 0. The maximum Gasteiger partial charge on any atom is 0.155 e. The first-order valence-electron chi connectivity index (χ1n) is 8.18. The van der Waals surface area contributed by atoms with E-state index in [1.807, 2.05) is 78.9 Å². The zero-order chi connectivity index (χ0) is 16.8. The molecule has 3 aromatic carbocycles. The summed E-state index contributed by atoms with van der Waals surface area (Å²) in [5, 5.41) is 1.87. The van der Waals surface area contributed by atoms with Gasteiger partial charge in [0.2, 0.25) is 0 Å². The minimum atomic E-state index is -2.74. The molecule has 0 fully saturated rings. The molecular weight excluding hydrogens is 331 g/mol. The summed E-state index contributed by atoms with van der Waals surface area (Å²) in [6.07, 6.45) is 0.848. The summed E-state index contributed by atoms with van der Waals surface area (Å²) in [6, 6.07) is 30.1. The highest BCUT2D eigenvalue weighted by Crippen LogP contribution is 2.55. The van der Waals surface area contributed by atoms with Gasteiger partial charge < -0.3 is 4.57 Å². The number of thioether (sulfide) groups is 1. The van der Waals surface area contributed by atoms with Crippen molar-refractivity contribution in [3.05, 3.63) is 91.0 Å². The average molecular weight is 352 g/mol. The Labute approximate surface area is 148 Å². The Kier molecular flexibility index (Phi) is 5.60. The lowest BCUT2D eigenvalue weighted by Crippen LogP contribution is -2.23. The van der Waals surface area contributed by atoms with E-state index in [1.165, 1.54) is 0 Å². The Morgan fingerprint density at radius 1 is 0.750 bits per heavy atom. The van der Waals surface area contributed by atoms with Gasteiger partial charge in [-0.2, -0.15) is 0 Å². The lowest BCUT2D eigenvalue weighted by molar-refractivity contribution is 0.584. The summed E-state index contributed by atoms with van der Waals surface area (Å²) in [6.45, 7) is 2.12. The summed E-state index contributed by atoms with van der Waals surface area (Å²) in [4.78, 5) is 1.18. The van der Waals surface area contributed by atoms with Crippen molar-refractivity contribution < 1.29 is 4.57 Å². The van der Waals surface area contributed by atoms with Gasteiger partial charge >= 0.3 is 0 Å². The minimum absolute atomic E-state index is 0.0182. The summed E-state index contributed by atoms with van der Waals surface area (Å²) in [5.41, 5.74) is 0. The molecule has 3 aromatic rings. The van der Waals surface area contributed by atoms with Gasteiger partial charge in [-0.1, -0.05) is 85.8 Å². The van der Waals surface area contributed by atoms with Crippen molar-refractivity contribution in [1.82, 2.24) is 0 Å². The van der Waals surface area contributed by atoms with Crippen LogP contribution in [-0.4, -0.2) is 4.99 Å². The molecule has 0 bridgehead atoms. The van der Waals surface area contributed by atoms with Gasteiger partial charge in [-0.15, -0.1) is 11.8 Å². The molecule has 1 atom stereocenters. The summed E-state index contributed by atoms with van der Waals surface area (Å²) < 4.78 is 14.3. The van der Waals surface area contributed by atoms with Gasteiger partial charge in [0.15, 0.2) is 7.14 Å². The predicted octanol–water partition coefficient (Wildman–Crippen LogP) is 5.53. The Bertz CT molecular complexity index is 760. The quantitative estimate of drug-likeness (QED) is 0.429. The van der Waals surface area contributed by atoms with Crippen molar-refractivity contribution in [1.29, 1.82) is 0 Å². The second kappa shape index (κ2) is 7.88. The normalized spacial score (nSPS) is 12.7. The van der Waals surface area contributed by atoms with Crippen LogP contribution < -0.4 is 10.6 Å². The van der Waals surface area contributed by atoms with E-state index in [2.05, 4.69) is 19.1 Å². The first-order chi connectivity index (χ1) is 11.7. The van der Waals surface area contributed by atoms with Crippen molar-refractivity contribution >= 4 is 29.5 Å². The lowest BCUT2D eigenvalue weighted by Gasteiger charge is -2.27. The van der Waals surface area contributed by atoms with Gasteiger partial charge in [-0.05, 0) is 18.6 Å². The van der Waals surface area contributed by atoms with Gasteiger partial charge in [-0.25, -0.2) is 0 Å². The molecule has 0 saturated heterocycles. The second-order valence-electron chi connectivity index (χ2n) is 5.62. The molecule has 122 valence electrons. The zero-order valence-corrected chi connectivity index (χ0v) is 15.4. The lowest BCUT2D eigenvalue weighted by atomic mass is 10.4. The predicted molar refractivity (Wildman–Crippen MR) is 106 cm³/mol. The van der Waals surface area contributed by atoms with Crippen LogP contribution in [0.4, 0.5) is 0 Å². The summed E-state index contributed by atoms with van der Waals surface area (Å²) >= 11 is 1.72. The van der Waals surface area contributed by atoms with Gasteiger partial charge in [0.25, 0.3) is 0 Å². The van der Waals surface area contributed by atoms with Gasteiger partial charge in [0.1, 0.15) is 0 Å². The highest BCUT2D eigenvalue weighted by molar-refractivity contribution is 8.08. The molecule has 3 heteroatoms. The van der Waals surface area contributed by atoms with E-state index in [4.69, 9.17) is 0 Å². The largest absolute Gasteiger partial charge is 0.312 e. The third-order valence-electron chi connectivity index (χ3n) is 4.05. The van der Waals surface area contributed by atoms with Crippen LogP contribution in [0.25, 0.3) is 0 Å². The van der Waals surface area contributed by atoms with Crippen LogP contribution in [-0.2, 0) is 4.57 Å². The van der Waals surface area contributed by atoms with E-state index in [-0.39, 0.29) is 4.99 Å². The van der Waals surface area contributed by atoms with Crippen LogP contribution in [0.5, 0.6) is 0 Å². The van der Waals surface area contributed by atoms with Crippen LogP contribution in [0.2, 0.25) is 0 Å². The topological polar surface area (TPSA) is 17.1 Å². The SMILES string of the molecule is CCC(Sc1ccccc1)P(=O)(c1ccccc1)c1ccccc1. The van der Waals surface area contributed by atoms with Crippen molar-refractivity contribution in [2.75, 3.05) is 0 Å². The molecule has 1 unspecified atom stereocenters. The smallest absolute Gasteiger partial charge is 0.155 e. The molecule has 0 radical (unpaired) electrons. The maximum atomic E-state index is 14.3. The first-order valence-corrected chi connectivity index (χ1v) is 10.8. The van der Waals surface area contributed by atoms with E-state index in [0.29, 0.717) is 0 Å². The standard InChI is InChI=1S/C21H21OPS/c1-2-21(24-20-16-10-5-11-17-20)23(22,18-12-6-3-7-13-18)19-14-8-4-9-15-19/h3-17,21H,2H2,1H3. The Hall–Kier alpha value is -1.76. The molecule has 0 amide bonds. The molecule has 0 aliphatic rings. The van der Waals surface area contributed by atoms with Crippen molar-refractivity contribution in [2.24, 2.45) is 0 Å². The number of rotatable bonds is 6. The third kappa shape index (κ3) is 3.50. The van der Waals surface area contributed by atoms with Crippen molar-refractivity contribution in [3.8, 4) is 0 Å². The van der Waals surface area contributed by atoms with E-state index in [9.17, 15) is 4.57 Å². The number of benzene rings is 3. The summed E-state index contributed by atoms with van der Waals surface area (Å²) in [7, 11) is -2.74. The zero-order valence-electron chi connectivity index (χ0n) is 13.7. The Balaban J connectivity index is 2.08. The molecule has 0 aliphatic carbocycles. The monoisotopic (exact) mass is 352 g/mol. The van der Waals surface area contributed by atoms with Crippen LogP contribution in [0.1, 0.15) is 13.3 Å². The minimum Gasteiger partial charge on any atom is -0.312 e. The molecular formula is C21H21OPS. The molecule has 0 aliphatic heterocycles. The molecule has 0 heterocycles. The van der Waals surface area contributed by atoms with Gasteiger partial charge in [0, 0.05) is 15.5 Å². The van der Waals surface area contributed by atoms with E-state index >= 15 is 0 Å². The van der Waals surface area contributed by atoms with Crippen LogP contribution in [0.15, 0.2) is 95.9 Å². The fraction of sp³-hybridized carbons (Fsp3) is 0.143. The van der Waals surface area contributed by atoms with Crippen LogP contribution in [0, 0.1) is 0 Å². The molecule has 1 nitrogen and oxygen atoms in total. The second-order valence-corrected chi connectivity index (χ2v) is 10.2. The highest BCUT2D eigenvalue weighted by atomic mass is 32.2. The van der Waals surface area contributed by atoms with E-state index in [0.717, 1.165) is 21.9 Å². The molecule has 3 rings (SSSR count). The molecule has 24 heavy (non-hydrogen) atoms. The maximum absolute atomic E-state index is 14.3. The van der Waals surface area contributed by atoms with Crippen LogP contribution in [0.3, 0.4) is 0 Å². The Morgan fingerprint density at radius 2 is 1.17 bits per heavy atom. The van der Waals surface area contributed by atoms with Crippen molar-refractivity contribution in [3.63, 3.8) is 0 Å². The molecule has 0 spiro atoms. The third-order valence-corrected chi connectivity index (χ3v) is 9.71. The fourth-order valence-electron chi connectivity index (χ4n) is 2.85. The number of hydrogen-bond acceptors (Lipinski definition) is 2. The van der Waals surface area contributed by atoms with E-state index < -0.39 is 7.14 Å². The first kappa shape index (κ1) is 17.1. The van der Waals surface area contributed by atoms with Crippen molar-refractivity contribution in [2.45, 2.75) is 23.2 Å². The van der Waals surface area contributed by atoms with Crippen LogP contribution >= 0.6 is 18.9 Å². The highest BCUT2D eigenvalue weighted by Gasteiger charge is 2.36.